The first-order valence-electron chi connectivity index (χ1n) is 6.74. The van der Waals surface area contributed by atoms with E-state index in [1.54, 1.807) is 0 Å². The third kappa shape index (κ3) is 4.11. The molecule has 1 aromatic carbocycles. The van der Waals surface area contributed by atoms with Gasteiger partial charge in [0.25, 0.3) is 0 Å². The molecule has 0 amide bonds. The standard InChI is InChI=1S/C15H22BrN/c1-12(14-7-4-8-15(16)11-14)17-10-9-13-5-2-3-6-13/h4,7-8,11-13,17H,2-3,5-6,9-10H2,1H3/t12-/m1/s1. The Labute approximate surface area is 113 Å². The van der Waals surface area contributed by atoms with Crippen molar-refractivity contribution in [2.45, 2.75) is 45.1 Å². The van der Waals surface area contributed by atoms with Crippen molar-refractivity contribution < 1.29 is 0 Å². The van der Waals surface area contributed by atoms with Crippen LogP contribution in [0.25, 0.3) is 0 Å². The smallest absolute Gasteiger partial charge is 0.0292 e. The summed E-state index contributed by atoms with van der Waals surface area (Å²) < 4.78 is 1.17. The second-order valence-electron chi connectivity index (χ2n) is 5.17. The molecule has 1 saturated carbocycles. The van der Waals surface area contributed by atoms with Crippen LogP contribution in [0.15, 0.2) is 28.7 Å². The molecule has 1 nitrogen and oxygen atoms in total. The summed E-state index contributed by atoms with van der Waals surface area (Å²) in [5.74, 6) is 0.984. The van der Waals surface area contributed by atoms with Crippen molar-refractivity contribution in [2.75, 3.05) is 6.54 Å². The molecule has 1 fully saturated rings. The van der Waals surface area contributed by atoms with Gasteiger partial charge in [0.05, 0.1) is 0 Å². The number of hydrogen-bond acceptors (Lipinski definition) is 1. The normalized spacial score (nSPS) is 18.5. The molecule has 94 valence electrons. The third-order valence-corrected chi connectivity index (χ3v) is 4.32. The highest BCUT2D eigenvalue weighted by Gasteiger charge is 2.14. The summed E-state index contributed by atoms with van der Waals surface area (Å²) in [6.45, 7) is 3.40. The lowest BCUT2D eigenvalue weighted by Crippen LogP contribution is -2.21. The van der Waals surface area contributed by atoms with Gasteiger partial charge in [-0.2, -0.15) is 0 Å². The van der Waals surface area contributed by atoms with Gasteiger partial charge in [-0.3, -0.25) is 0 Å². The Balaban J connectivity index is 1.74. The number of rotatable bonds is 5. The van der Waals surface area contributed by atoms with E-state index >= 15 is 0 Å². The minimum absolute atomic E-state index is 0.453. The molecule has 0 radical (unpaired) electrons. The third-order valence-electron chi connectivity index (χ3n) is 3.83. The van der Waals surface area contributed by atoms with Gasteiger partial charge in [-0.1, -0.05) is 53.7 Å². The van der Waals surface area contributed by atoms with Gasteiger partial charge >= 0.3 is 0 Å². The first-order valence-corrected chi connectivity index (χ1v) is 7.54. The van der Waals surface area contributed by atoms with E-state index in [0.29, 0.717) is 6.04 Å². The van der Waals surface area contributed by atoms with Crippen LogP contribution in [0, 0.1) is 5.92 Å². The Morgan fingerprint density at radius 2 is 2.12 bits per heavy atom. The Morgan fingerprint density at radius 1 is 1.35 bits per heavy atom. The number of hydrogen-bond donors (Lipinski definition) is 1. The van der Waals surface area contributed by atoms with Gasteiger partial charge in [-0.15, -0.1) is 0 Å². The van der Waals surface area contributed by atoms with Crippen LogP contribution >= 0.6 is 15.9 Å². The maximum absolute atomic E-state index is 3.63. The first kappa shape index (κ1) is 13.1. The van der Waals surface area contributed by atoms with E-state index in [1.807, 2.05) is 0 Å². The van der Waals surface area contributed by atoms with Gasteiger partial charge in [0.15, 0.2) is 0 Å². The van der Waals surface area contributed by atoms with Gasteiger partial charge < -0.3 is 5.32 Å². The zero-order valence-electron chi connectivity index (χ0n) is 10.6. The fraction of sp³-hybridized carbons (Fsp3) is 0.600. The maximum atomic E-state index is 3.63. The van der Waals surface area contributed by atoms with Crippen LogP contribution in [0.1, 0.15) is 50.6 Å². The Hall–Kier alpha value is -0.340. The minimum atomic E-state index is 0.453. The van der Waals surface area contributed by atoms with Crippen LogP contribution < -0.4 is 5.32 Å². The molecule has 1 N–H and O–H groups in total. The Bertz CT molecular complexity index is 345. The van der Waals surface area contributed by atoms with Crippen molar-refractivity contribution in [2.24, 2.45) is 5.92 Å². The molecule has 0 bridgehead atoms. The Kier molecular flexibility index (Phi) is 5.05. The summed E-state index contributed by atoms with van der Waals surface area (Å²) in [6, 6.07) is 9.03. The SMILES string of the molecule is C[C@@H](NCCC1CCCC1)c1cccc(Br)c1. The molecule has 1 aromatic rings. The molecule has 0 aliphatic heterocycles. The zero-order valence-corrected chi connectivity index (χ0v) is 12.2. The molecule has 0 spiro atoms. The van der Waals surface area contributed by atoms with Crippen LogP contribution in [0.4, 0.5) is 0 Å². The molecular weight excluding hydrogens is 274 g/mol. The van der Waals surface area contributed by atoms with Crippen molar-refractivity contribution in [1.82, 2.24) is 5.32 Å². The van der Waals surface area contributed by atoms with Gasteiger partial charge in [-0.25, -0.2) is 0 Å². The molecule has 1 atom stereocenters. The van der Waals surface area contributed by atoms with Crippen molar-refractivity contribution in [3.8, 4) is 0 Å². The van der Waals surface area contributed by atoms with Gasteiger partial charge in [0.2, 0.25) is 0 Å². The quantitative estimate of drug-likeness (QED) is 0.832. The van der Waals surface area contributed by atoms with E-state index in [2.05, 4.69) is 52.4 Å². The highest BCUT2D eigenvalue weighted by atomic mass is 79.9. The van der Waals surface area contributed by atoms with E-state index in [0.717, 1.165) is 12.5 Å². The van der Waals surface area contributed by atoms with E-state index in [-0.39, 0.29) is 0 Å². The molecule has 0 unspecified atom stereocenters. The molecular formula is C15H22BrN. The molecule has 17 heavy (non-hydrogen) atoms. The summed E-state index contributed by atoms with van der Waals surface area (Å²) in [7, 11) is 0. The van der Waals surface area contributed by atoms with Crippen LogP contribution in [0.3, 0.4) is 0 Å². The van der Waals surface area contributed by atoms with Crippen molar-refractivity contribution in [1.29, 1.82) is 0 Å². The first-order chi connectivity index (χ1) is 8.25. The van der Waals surface area contributed by atoms with Crippen molar-refractivity contribution in [3.63, 3.8) is 0 Å². The summed E-state index contributed by atoms with van der Waals surface area (Å²) in [4.78, 5) is 0. The highest BCUT2D eigenvalue weighted by Crippen LogP contribution is 2.27. The van der Waals surface area contributed by atoms with Crippen LogP contribution in [0.2, 0.25) is 0 Å². The lowest BCUT2D eigenvalue weighted by molar-refractivity contribution is 0.455. The second-order valence-corrected chi connectivity index (χ2v) is 6.09. The highest BCUT2D eigenvalue weighted by molar-refractivity contribution is 9.10. The number of benzene rings is 1. The molecule has 1 aliphatic carbocycles. The van der Waals surface area contributed by atoms with Gasteiger partial charge in [0, 0.05) is 10.5 Å². The summed E-state index contributed by atoms with van der Waals surface area (Å²) >= 11 is 3.52. The Morgan fingerprint density at radius 3 is 2.82 bits per heavy atom. The second kappa shape index (κ2) is 6.55. The zero-order chi connectivity index (χ0) is 12.1. The number of halogens is 1. The van der Waals surface area contributed by atoms with E-state index in [1.165, 1.54) is 42.1 Å². The average molecular weight is 296 g/mol. The predicted molar refractivity (Wildman–Crippen MR) is 77.1 cm³/mol. The molecule has 1 aliphatic rings. The topological polar surface area (TPSA) is 12.0 Å². The van der Waals surface area contributed by atoms with Crippen molar-refractivity contribution in [3.05, 3.63) is 34.3 Å². The molecule has 2 heteroatoms. The molecule has 2 rings (SSSR count). The van der Waals surface area contributed by atoms with Gasteiger partial charge in [-0.05, 0) is 43.5 Å². The lowest BCUT2D eigenvalue weighted by Gasteiger charge is -2.16. The minimum Gasteiger partial charge on any atom is -0.310 e. The fourth-order valence-corrected chi connectivity index (χ4v) is 3.11. The van der Waals surface area contributed by atoms with E-state index < -0.39 is 0 Å². The largest absolute Gasteiger partial charge is 0.310 e. The molecule has 0 heterocycles. The maximum Gasteiger partial charge on any atom is 0.0292 e. The van der Waals surface area contributed by atoms with E-state index in [4.69, 9.17) is 0 Å². The van der Waals surface area contributed by atoms with E-state index in [9.17, 15) is 0 Å². The fourth-order valence-electron chi connectivity index (χ4n) is 2.70. The monoisotopic (exact) mass is 295 g/mol. The summed E-state index contributed by atoms with van der Waals surface area (Å²) in [5, 5.41) is 3.63. The average Bonchev–Trinajstić information content (AvgIpc) is 2.82. The van der Waals surface area contributed by atoms with Crippen LogP contribution in [0.5, 0.6) is 0 Å². The molecule has 0 saturated heterocycles. The van der Waals surface area contributed by atoms with Crippen LogP contribution in [-0.2, 0) is 0 Å². The number of nitrogens with one attached hydrogen (secondary N) is 1. The molecule has 0 aromatic heterocycles. The van der Waals surface area contributed by atoms with Crippen molar-refractivity contribution >= 4 is 15.9 Å². The van der Waals surface area contributed by atoms with Crippen LogP contribution in [-0.4, -0.2) is 6.54 Å². The summed E-state index contributed by atoms with van der Waals surface area (Å²) in [6.07, 6.45) is 7.15. The lowest BCUT2D eigenvalue weighted by atomic mass is 10.0. The van der Waals surface area contributed by atoms with Gasteiger partial charge in [0.1, 0.15) is 0 Å². The predicted octanol–water partition coefficient (Wildman–Crippen LogP) is 4.68. The summed E-state index contributed by atoms with van der Waals surface area (Å²) in [5.41, 5.74) is 1.37.